The van der Waals surface area contributed by atoms with Crippen molar-refractivity contribution in [3.8, 4) is 5.75 Å². The highest BCUT2D eigenvalue weighted by Crippen LogP contribution is 2.29. The number of hydrogen-bond donors (Lipinski definition) is 1. The Hall–Kier alpha value is -3.56. The van der Waals surface area contributed by atoms with Crippen LogP contribution in [0.3, 0.4) is 0 Å². The lowest BCUT2D eigenvalue weighted by Crippen LogP contribution is -2.35. The fraction of sp³-hybridized carbons (Fsp3) is 0.407. The highest BCUT2D eigenvalue weighted by Gasteiger charge is 2.31. The third-order valence-electron chi connectivity index (χ3n) is 6.65. The Balaban J connectivity index is 1.61. The molecule has 5 rings (SSSR count). The molecule has 9 heteroatoms. The van der Waals surface area contributed by atoms with Crippen molar-refractivity contribution in [2.24, 2.45) is 0 Å². The molecule has 1 aliphatic rings. The lowest BCUT2D eigenvalue weighted by atomic mass is 10.0. The van der Waals surface area contributed by atoms with Gasteiger partial charge in [-0.05, 0) is 66.6 Å². The van der Waals surface area contributed by atoms with Crippen LogP contribution in [0.4, 0.5) is 0 Å². The van der Waals surface area contributed by atoms with E-state index in [-0.39, 0.29) is 11.7 Å². The van der Waals surface area contributed by atoms with Crippen LogP contribution in [0, 0.1) is 0 Å². The molecule has 36 heavy (non-hydrogen) atoms. The molecule has 0 bridgehead atoms. The van der Waals surface area contributed by atoms with Gasteiger partial charge in [-0.3, -0.25) is 9.69 Å². The fourth-order valence-electron chi connectivity index (χ4n) is 4.88. The van der Waals surface area contributed by atoms with Crippen molar-refractivity contribution in [1.82, 2.24) is 30.1 Å². The monoisotopic (exact) mass is 488 g/mol. The molecule has 2 atom stereocenters. The molecular formula is C27H32N6O3. The molecule has 9 nitrogen and oxygen atoms in total. The lowest BCUT2D eigenvalue weighted by molar-refractivity contribution is 0.0907. The number of hydrogen-bond acceptors (Lipinski definition) is 7. The summed E-state index contributed by atoms with van der Waals surface area (Å²) in [5, 5.41) is 13.6. The third-order valence-corrected chi connectivity index (χ3v) is 6.65. The van der Waals surface area contributed by atoms with Gasteiger partial charge in [0.2, 0.25) is 0 Å². The summed E-state index contributed by atoms with van der Waals surface area (Å²) in [6, 6.07) is 17.4. The Morgan fingerprint density at radius 2 is 2.06 bits per heavy atom. The van der Waals surface area contributed by atoms with Crippen LogP contribution in [-0.2, 0) is 17.8 Å². The molecule has 2 aromatic heterocycles. The maximum absolute atomic E-state index is 13.5. The molecule has 0 spiro atoms. The van der Waals surface area contributed by atoms with Crippen molar-refractivity contribution >= 4 is 10.9 Å². The Kier molecular flexibility index (Phi) is 7.39. The number of benzene rings is 2. The summed E-state index contributed by atoms with van der Waals surface area (Å²) in [7, 11) is 0. The Bertz CT molecular complexity index is 1350. The summed E-state index contributed by atoms with van der Waals surface area (Å²) in [5.41, 5.74) is 2.35. The van der Waals surface area contributed by atoms with Gasteiger partial charge in [-0.1, -0.05) is 37.3 Å². The predicted molar refractivity (Wildman–Crippen MR) is 137 cm³/mol. The average molecular weight is 489 g/mol. The minimum Gasteiger partial charge on any atom is -0.494 e. The van der Waals surface area contributed by atoms with E-state index >= 15 is 0 Å². The van der Waals surface area contributed by atoms with Gasteiger partial charge in [-0.15, -0.1) is 5.10 Å². The number of ether oxygens (including phenoxy) is 2. The zero-order valence-electron chi connectivity index (χ0n) is 20.8. The quantitative estimate of drug-likeness (QED) is 0.363. The number of pyridine rings is 1. The van der Waals surface area contributed by atoms with Crippen LogP contribution in [0.1, 0.15) is 49.7 Å². The first kappa shape index (κ1) is 24.1. The number of tetrazole rings is 1. The molecule has 0 unspecified atom stereocenters. The summed E-state index contributed by atoms with van der Waals surface area (Å²) in [4.78, 5) is 18.8. The summed E-state index contributed by atoms with van der Waals surface area (Å²) in [6.07, 6.45) is 2.08. The maximum atomic E-state index is 13.5. The zero-order chi connectivity index (χ0) is 24.9. The maximum Gasteiger partial charge on any atom is 0.253 e. The van der Waals surface area contributed by atoms with Crippen molar-refractivity contribution < 1.29 is 9.47 Å². The largest absolute Gasteiger partial charge is 0.494 e. The highest BCUT2D eigenvalue weighted by atomic mass is 16.5. The SMILES string of the molecule is CCOc1ccc2[nH]c(=O)c([C@H](c3nnnn3C[C@H]3CCCO3)N(CC)Cc3ccccc3)cc2c1. The number of H-pyrrole nitrogens is 1. The smallest absolute Gasteiger partial charge is 0.253 e. The molecule has 4 aromatic rings. The molecule has 0 saturated carbocycles. The summed E-state index contributed by atoms with van der Waals surface area (Å²) in [6.45, 7) is 7.27. The van der Waals surface area contributed by atoms with E-state index in [1.807, 2.05) is 49.4 Å². The number of rotatable bonds is 10. The van der Waals surface area contributed by atoms with Gasteiger partial charge in [-0.2, -0.15) is 0 Å². The molecule has 188 valence electrons. The van der Waals surface area contributed by atoms with E-state index in [0.717, 1.165) is 41.7 Å². The Morgan fingerprint density at radius 1 is 1.19 bits per heavy atom. The summed E-state index contributed by atoms with van der Waals surface area (Å²) >= 11 is 0. The normalized spacial score (nSPS) is 16.6. The van der Waals surface area contributed by atoms with Gasteiger partial charge >= 0.3 is 0 Å². The Labute approximate surface area is 210 Å². The van der Waals surface area contributed by atoms with Crippen LogP contribution < -0.4 is 10.3 Å². The number of aromatic amines is 1. The number of aromatic nitrogens is 5. The van der Waals surface area contributed by atoms with Crippen LogP contribution in [-0.4, -0.2) is 56.0 Å². The van der Waals surface area contributed by atoms with Crippen molar-refractivity contribution in [3.63, 3.8) is 0 Å². The lowest BCUT2D eigenvalue weighted by Gasteiger charge is -2.30. The van der Waals surface area contributed by atoms with Crippen LogP contribution in [0.25, 0.3) is 10.9 Å². The first-order chi connectivity index (χ1) is 17.7. The van der Waals surface area contributed by atoms with Crippen molar-refractivity contribution in [3.05, 3.63) is 81.9 Å². The zero-order valence-corrected chi connectivity index (χ0v) is 20.8. The van der Waals surface area contributed by atoms with E-state index in [0.29, 0.717) is 37.6 Å². The summed E-state index contributed by atoms with van der Waals surface area (Å²) < 4.78 is 13.4. The first-order valence-corrected chi connectivity index (χ1v) is 12.6. The van der Waals surface area contributed by atoms with Gasteiger partial charge in [0.1, 0.15) is 11.8 Å². The van der Waals surface area contributed by atoms with Crippen molar-refractivity contribution in [2.45, 2.75) is 51.9 Å². The molecule has 0 amide bonds. The Morgan fingerprint density at radius 3 is 2.81 bits per heavy atom. The number of nitrogens with one attached hydrogen (secondary N) is 1. The molecule has 1 saturated heterocycles. The number of nitrogens with zero attached hydrogens (tertiary/aromatic N) is 5. The van der Waals surface area contributed by atoms with E-state index in [9.17, 15) is 4.79 Å². The summed E-state index contributed by atoms with van der Waals surface area (Å²) in [5.74, 6) is 1.40. The molecule has 3 heterocycles. The van der Waals surface area contributed by atoms with E-state index in [2.05, 4.69) is 44.5 Å². The van der Waals surface area contributed by atoms with Gasteiger partial charge in [0, 0.05) is 29.6 Å². The fourth-order valence-corrected chi connectivity index (χ4v) is 4.88. The van der Waals surface area contributed by atoms with E-state index < -0.39 is 6.04 Å². The predicted octanol–water partition coefficient (Wildman–Crippen LogP) is 3.70. The van der Waals surface area contributed by atoms with E-state index in [1.165, 1.54) is 0 Å². The molecular weight excluding hydrogens is 456 g/mol. The number of fused-ring (bicyclic) bond motifs is 1. The second-order valence-corrected chi connectivity index (χ2v) is 9.04. The van der Waals surface area contributed by atoms with Gasteiger partial charge in [0.15, 0.2) is 5.82 Å². The second kappa shape index (κ2) is 11.0. The van der Waals surface area contributed by atoms with Crippen LogP contribution in [0.5, 0.6) is 5.75 Å². The molecule has 1 fully saturated rings. The first-order valence-electron chi connectivity index (χ1n) is 12.6. The standard InChI is InChI=1S/C27H32N6O3/c1-3-32(17-19-9-6-5-7-10-19)25(26-29-30-31-33(26)18-22-11-8-14-36-22)23-16-20-15-21(35-4-2)12-13-24(20)28-27(23)34/h5-7,9-10,12-13,15-16,22,25H,3-4,8,11,14,17-18H2,1-2H3,(H,28,34)/t22-,25-/m1/s1. The van der Waals surface area contributed by atoms with Gasteiger partial charge in [-0.25, -0.2) is 4.68 Å². The van der Waals surface area contributed by atoms with E-state index in [4.69, 9.17) is 9.47 Å². The van der Waals surface area contributed by atoms with E-state index in [1.54, 1.807) is 4.68 Å². The van der Waals surface area contributed by atoms with Gasteiger partial charge < -0.3 is 14.5 Å². The van der Waals surface area contributed by atoms with Crippen molar-refractivity contribution in [1.29, 1.82) is 0 Å². The minimum absolute atomic E-state index is 0.0701. The minimum atomic E-state index is -0.449. The van der Waals surface area contributed by atoms with Crippen molar-refractivity contribution in [2.75, 3.05) is 19.8 Å². The second-order valence-electron chi connectivity index (χ2n) is 9.04. The molecule has 1 aliphatic heterocycles. The van der Waals surface area contributed by atoms with Gasteiger partial charge in [0.05, 0.1) is 19.3 Å². The molecule has 0 radical (unpaired) electrons. The van der Waals surface area contributed by atoms with Crippen LogP contribution >= 0.6 is 0 Å². The molecule has 1 N–H and O–H groups in total. The molecule has 0 aliphatic carbocycles. The van der Waals surface area contributed by atoms with Crippen LogP contribution in [0.2, 0.25) is 0 Å². The van der Waals surface area contributed by atoms with Gasteiger partial charge in [0.25, 0.3) is 5.56 Å². The average Bonchev–Trinajstić information content (AvgIpc) is 3.58. The topological polar surface area (TPSA) is 98.2 Å². The third kappa shape index (κ3) is 5.17. The highest BCUT2D eigenvalue weighted by molar-refractivity contribution is 5.80. The molecule has 2 aromatic carbocycles. The van der Waals surface area contributed by atoms with Crippen LogP contribution in [0.15, 0.2) is 59.4 Å².